The SMILES string of the molecule is OCC1(CN2CCCN3CCCC3C2)CCCCCC1. The Hall–Kier alpha value is -0.120. The molecule has 1 N–H and O–H groups in total. The van der Waals surface area contributed by atoms with Crippen molar-refractivity contribution in [2.75, 3.05) is 39.3 Å². The summed E-state index contributed by atoms with van der Waals surface area (Å²) in [6, 6.07) is 0.805. The van der Waals surface area contributed by atoms with Crippen molar-refractivity contribution < 1.29 is 5.11 Å². The fourth-order valence-corrected chi connectivity index (χ4v) is 4.75. The zero-order valence-electron chi connectivity index (χ0n) is 13.0. The highest BCUT2D eigenvalue weighted by molar-refractivity contribution is 4.89. The number of rotatable bonds is 3. The molecule has 0 aromatic rings. The first-order valence-electron chi connectivity index (χ1n) is 8.89. The van der Waals surface area contributed by atoms with Crippen LogP contribution in [0.1, 0.15) is 57.8 Å². The zero-order valence-corrected chi connectivity index (χ0v) is 13.0. The van der Waals surface area contributed by atoms with Crippen molar-refractivity contribution in [1.29, 1.82) is 0 Å². The van der Waals surface area contributed by atoms with Crippen LogP contribution >= 0.6 is 0 Å². The summed E-state index contributed by atoms with van der Waals surface area (Å²) >= 11 is 0. The first-order chi connectivity index (χ1) is 9.81. The number of fused-ring (bicyclic) bond motifs is 1. The third-order valence-corrected chi connectivity index (χ3v) is 5.95. The lowest BCUT2D eigenvalue weighted by Crippen LogP contribution is -2.44. The van der Waals surface area contributed by atoms with Gasteiger partial charge in [0, 0.05) is 31.2 Å². The largest absolute Gasteiger partial charge is 0.396 e. The highest BCUT2D eigenvalue weighted by Crippen LogP contribution is 2.36. The van der Waals surface area contributed by atoms with Gasteiger partial charge < -0.3 is 10.0 Å². The second-order valence-corrected chi connectivity index (χ2v) is 7.49. The van der Waals surface area contributed by atoms with Crippen LogP contribution in [0.25, 0.3) is 0 Å². The Labute approximate surface area is 124 Å². The molecule has 0 radical (unpaired) electrons. The second kappa shape index (κ2) is 6.76. The van der Waals surface area contributed by atoms with Crippen molar-refractivity contribution in [3.63, 3.8) is 0 Å². The number of aliphatic hydroxyl groups is 1. The first-order valence-corrected chi connectivity index (χ1v) is 8.89. The molecule has 0 bridgehead atoms. The standard InChI is InChI=1S/C17H32N2O/c20-15-17(8-3-1-2-4-9-17)14-18-10-6-12-19-11-5-7-16(19)13-18/h16,20H,1-15H2. The molecule has 20 heavy (non-hydrogen) atoms. The van der Waals surface area contributed by atoms with Gasteiger partial charge in [-0.2, -0.15) is 0 Å². The summed E-state index contributed by atoms with van der Waals surface area (Å²) in [5.74, 6) is 0. The molecule has 3 fully saturated rings. The van der Waals surface area contributed by atoms with Crippen molar-refractivity contribution >= 4 is 0 Å². The van der Waals surface area contributed by atoms with E-state index < -0.39 is 0 Å². The maximum absolute atomic E-state index is 10.0. The molecule has 0 spiro atoms. The van der Waals surface area contributed by atoms with Gasteiger partial charge in [-0.1, -0.05) is 25.7 Å². The molecule has 2 saturated heterocycles. The molecule has 116 valence electrons. The average molecular weight is 280 g/mol. The lowest BCUT2D eigenvalue weighted by Gasteiger charge is -2.37. The van der Waals surface area contributed by atoms with Crippen LogP contribution in [0.2, 0.25) is 0 Å². The minimum absolute atomic E-state index is 0.213. The molecule has 3 aliphatic rings. The van der Waals surface area contributed by atoms with E-state index in [-0.39, 0.29) is 5.41 Å². The quantitative estimate of drug-likeness (QED) is 0.805. The predicted octanol–water partition coefficient (Wildman–Crippen LogP) is 2.49. The summed E-state index contributed by atoms with van der Waals surface area (Å²) in [7, 11) is 0. The maximum atomic E-state index is 10.0. The Kier molecular flexibility index (Phi) is 5.00. The Balaban J connectivity index is 1.62. The number of hydrogen-bond donors (Lipinski definition) is 1. The predicted molar refractivity (Wildman–Crippen MR) is 82.9 cm³/mol. The minimum atomic E-state index is 0.213. The van der Waals surface area contributed by atoms with Crippen LogP contribution in [-0.2, 0) is 0 Å². The molecule has 1 aliphatic carbocycles. The first kappa shape index (κ1) is 14.8. The van der Waals surface area contributed by atoms with E-state index in [2.05, 4.69) is 9.80 Å². The number of nitrogens with zero attached hydrogens (tertiary/aromatic N) is 2. The van der Waals surface area contributed by atoms with Gasteiger partial charge in [-0.3, -0.25) is 4.90 Å². The summed E-state index contributed by atoms with van der Waals surface area (Å²) in [4.78, 5) is 5.40. The number of hydrogen-bond acceptors (Lipinski definition) is 3. The van der Waals surface area contributed by atoms with Gasteiger partial charge in [-0.15, -0.1) is 0 Å². The van der Waals surface area contributed by atoms with Crippen molar-refractivity contribution in [3.8, 4) is 0 Å². The van der Waals surface area contributed by atoms with Crippen LogP contribution in [-0.4, -0.2) is 60.3 Å². The summed E-state index contributed by atoms with van der Waals surface area (Å²) in [5.41, 5.74) is 0.213. The van der Waals surface area contributed by atoms with Crippen LogP contribution in [0.15, 0.2) is 0 Å². The van der Waals surface area contributed by atoms with E-state index >= 15 is 0 Å². The van der Waals surface area contributed by atoms with E-state index in [1.807, 2.05) is 0 Å². The Bertz CT molecular complexity index is 299. The maximum Gasteiger partial charge on any atom is 0.0499 e. The molecule has 1 atom stereocenters. The molecule has 0 aromatic carbocycles. The van der Waals surface area contributed by atoms with Crippen LogP contribution in [0, 0.1) is 5.41 Å². The lowest BCUT2D eigenvalue weighted by molar-refractivity contribution is 0.0566. The van der Waals surface area contributed by atoms with E-state index in [0.717, 1.165) is 12.6 Å². The van der Waals surface area contributed by atoms with Crippen molar-refractivity contribution in [1.82, 2.24) is 9.80 Å². The van der Waals surface area contributed by atoms with Crippen molar-refractivity contribution in [2.24, 2.45) is 5.41 Å². The lowest BCUT2D eigenvalue weighted by atomic mass is 9.80. The fraction of sp³-hybridized carbons (Fsp3) is 1.00. The van der Waals surface area contributed by atoms with Gasteiger partial charge >= 0.3 is 0 Å². The van der Waals surface area contributed by atoms with Gasteiger partial charge in [0.1, 0.15) is 0 Å². The topological polar surface area (TPSA) is 26.7 Å². The van der Waals surface area contributed by atoms with Gasteiger partial charge in [-0.25, -0.2) is 0 Å². The summed E-state index contributed by atoms with van der Waals surface area (Å²) in [5, 5.41) is 10.0. The smallest absolute Gasteiger partial charge is 0.0499 e. The molecule has 1 unspecified atom stereocenters. The van der Waals surface area contributed by atoms with Gasteiger partial charge in [-0.05, 0) is 51.7 Å². The molecule has 0 amide bonds. The molecular weight excluding hydrogens is 248 g/mol. The van der Waals surface area contributed by atoms with Crippen molar-refractivity contribution in [3.05, 3.63) is 0 Å². The van der Waals surface area contributed by atoms with E-state index in [0.29, 0.717) is 6.61 Å². The molecule has 2 aliphatic heterocycles. The van der Waals surface area contributed by atoms with E-state index in [1.54, 1.807) is 0 Å². The molecule has 3 nitrogen and oxygen atoms in total. The molecule has 2 heterocycles. The normalized spacial score (nSPS) is 32.5. The number of aliphatic hydroxyl groups excluding tert-OH is 1. The summed E-state index contributed by atoms with van der Waals surface area (Å²) in [6.07, 6.45) is 12.0. The minimum Gasteiger partial charge on any atom is -0.396 e. The van der Waals surface area contributed by atoms with Gasteiger partial charge in [0.2, 0.25) is 0 Å². The van der Waals surface area contributed by atoms with Crippen LogP contribution in [0.3, 0.4) is 0 Å². The van der Waals surface area contributed by atoms with E-state index in [4.69, 9.17) is 0 Å². The third-order valence-electron chi connectivity index (χ3n) is 5.95. The second-order valence-electron chi connectivity index (χ2n) is 7.49. The van der Waals surface area contributed by atoms with E-state index in [9.17, 15) is 5.11 Å². The Morgan fingerprint density at radius 2 is 1.65 bits per heavy atom. The van der Waals surface area contributed by atoms with Crippen molar-refractivity contribution in [2.45, 2.75) is 63.8 Å². The summed E-state index contributed by atoms with van der Waals surface area (Å²) < 4.78 is 0. The Morgan fingerprint density at radius 1 is 0.900 bits per heavy atom. The van der Waals surface area contributed by atoms with Crippen LogP contribution in [0.5, 0.6) is 0 Å². The molecule has 3 rings (SSSR count). The van der Waals surface area contributed by atoms with Gasteiger partial charge in [0.25, 0.3) is 0 Å². The summed E-state index contributed by atoms with van der Waals surface area (Å²) in [6.45, 7) is 6.67. The van der Waals surface area contributed by atoms with Crippen LogP contribution in [0.4, 0.5) is 0 Å². The zero-order chi connectivity index (χ0) is 13.8. The Morgan fingerprint density at radius 3 is 2.40 bits per heavy atom. The van der Waals surface area contributed by atoms with E-state index in [1.165, 1.54) is 84.0 Å². The average Bonchev–Trinajstić information content (AvgIpc) is 2.67. The molecular formula is C17H32N2O. The van der Waals surface area contributed by atoms with Gasteiger partial charge in [0.15, 0.2) is 0 Å². The highest BCUT2D eigenvalue weighted by atomic mass is 16.3. The van der Waals surface area contributed by atoms with Crippen LogP contribution < -0.4 is 0 Å². The molecule has 3 heteroatoms. The monoisotopic (exact) mass is 280 g/mol. The third kappa shape index (κ3) is 3.37. The molecule has 1 saturated carbocycles. The fourth-order valence-electron chi connectivity index (χ4n) is 4.75. The van der Waals surface area contributed by atoms with Gasteiger partial charge in [0.05, 0.1) is 0 Å². The molecule has 0 aromatic heterocycles. The highest BCUT2D eigenvalue weighted by Gasteiger charge is 2.35.